The van der Waals surface area contributed by atoms with Crippen molar-refractivity contribution in [2.75, 3.05) is 13.7 Å². The molecule has 0 heterocycles. The van der Waals surface area contributed by atoms with Crippen molar-refractivity contribution in [1.82, 2.24) is 10.7 Å². The molecule has 0 aliphatic carbocycles. The Balaban J connectivity index is 2.11. The molecule has 0 spiro atoms. The molecule has 2 rings (SSSR count). The van der Waals surface area contributed by atoms with Gasteiger partial charge in [-0.1, -0.05) is 43.1 Å². The normalized spacial score (nSPS) is 12.0. The standard InChI is InChI=1S/C22H25Cl2N3O4/c1-5-31-20-15(7-6-8-18(20)30-4)12-25-27-22(29)19(13(2)3)26-21(28)14-9-10-16(23)17(24)11-14/h6-13,19H,5H2,1-4H3,(H,26,28)(H,27,29)/b25-12+. The minimum Gasteiger partial charge on any atom is -0.493 e. The predicted octanol–water partition coefficient (Wildman–Crippen LogP) is 4.31. The van der Waals surface area contributed by atoms with E-state index in [1.165, 1.54) is 24.4 Å². The Bertz CT molecular complexity index is 964. The molecule has 31 heavy (non-hydrogen) atoms. The fourth-order valence-corrected chi connectivity index (χ4v) is 3.02. The van der Waals surface area contributed by atoms with Crippen LogP contribution in [0.4, 0.5) is 0 Å². The lowest BCUT2D eigenvalue weighted by atomic mass is 10.0. The van der Waals surface area contributed by atoms with Crippen LogP contribution in [0, 0.1) is 5.92 Å². The second-order valence-electron chi connectivity index (χ2n) is 6.87. The molecule has 2 N–H and O–H groups in total. The Morgan fingerprint density at radius 1 is 1.16 bits per heavy atom. The number of methoxy groups -OCH3 is 1. The van der Waals surface area contributed by atoms with Gasteiger partial charge in [-0.25, -0.2) is 5.43 Å². The van der Waals surface area contributed by atoms with Gasteiger partial charge in [0.05, 0.1) is 30.0 Å². The topological polar surface area (TPSA) is 89.0 Å². The molecule has 2 aromatic carbocycles. The molecule has 0 fully saturated rings. The highest BCUT2D eigenvalue weighted by molar-refractivity contribution is 6.42. The van der Waals surface area contributed by atoms with Crippen LogP contribution in [-0.2, 0) is 4.79 Å². The minimum atomic E-state index is -0.809. The van der Waals surface area contributed by atoms with Crippen molar-refractivity contribution in [3.63, 3.8) is 0 Å². The van der Waals surface area contributed by atoms with Crippen LogP contribution in [0.2, 0.25) is 10.0 Å². The summed E-state index contributed by atoms with van der Waals surface area (Å²) in [4.78, 5) is 25.2. The molecule has 1 unspecified atom stereocenters. The average Bonchev–Trinajstić information content (AvgIpc) is 2.74. The summed E-state index contributed by atoms with van der Waals surface area (Å²) in [6, 6.07) is 9.05. The SMILES string of the molecule is CCOc1c(/C=N/NC(=O)C(NC(=O)c2ccc(Cl)c(Cl)c2)C(C)C)cccc1OC. The van der Waals surface area contributed by atoms with Gasteiger partial charge in [-0.05, 0) is 43.2 Å². The molecule has 0 aliphatic rings. The van der Waals surface area contributed by atoms with Gasteiger partial charge in [0, 0.05) is 11.1 Å². The third-order valence-electron chi connectivity index (χ3n) is 4.31. The third kappa shape index (κ3) is 6.60. The smallest absolute Gasteiger partial charge is 0.262 e. The molecule has 9 heteroatoms. The van der Waals surface area contributed by atoms with Gasteiger partial charge in [-0.2, -0.15) is 5.10 Å². The highest BCUT2D eigenvalue weighted by Crippen LogP contribution is 2.30. The third-order valence-corrected chi connectivity index (χ3v) is 5.05. The van der Waals surface area contributed by atoms with E-state index in [2.05, 4.69) is 15.8 Å². The van der Waals surface area contributed by atoms with Crippen molar-refractivity contribution < 1.29 is 19.1 Å². The van der Waals surface area contributed by atoms with E-state index in [1.54, 1.807) is 25.3 Å². The number of carbonyl (C=O) groups excluding carboxylic acids is 2. The summed E-state index contributed by atoms with van der Waals surface area (Å²) in [5.74, 6) is 0.00553. The maximum atomic E-state index is 12.7. The van der Waals surface area contributed by atoms with Gasteiger partial charge in [0.2, 0.25) is 0 Å². The predicted molar refractivity (Wildman–Crippen MR) is 122 cm³/mol. The molecular formula is C22H25Cl2N3O4. The zero-order chi connectivity index (χ0) is 23.0. The van der Waals surface area contributed by atoms with E-state index >= 15 is 0 Å². The number of halogens is 2. The van der Waals surface area contributed by atoms with Gasteiger partial charge in [0.1, 0.15) is 6.04 Å². The van der Waals surface area contributed by atoms with Crippen molar-refractivity contribution >= 4 is 41.2 Å². The molecule has 7 nitrogen and oxygen atoms in total. The first-order chi connectivity index (χ1) is 14.8. The Morgan fingerprint density at radius 3 is 2.52 bits per heavy atom. The number of carbonyl (C=O) groups is 2. The number of nitrogens with zero attached hydrogens (tertiary/aromatic N) is 1. The summed E-state index contributed by atoms with van der Waals surface area (Å²) in [5.41, 5.74) is 3.41. The second-order valence-corrected chi connectivity index (χ2v) is 7.68. The van der Waals surface area contributed by atoms with Crippen LogP contribution < -0.4 is 20.2 Å². The molecule has 0 bridgehead atoms. The number of hydrogen-bond donors (Lipinski definition) is 2. The molecule has 0 saturated heterocycles. The quantitative estimate of drug-likeness (QED) is 0.426. The van der Waals surface area contributed by atoms with Crippen LogP contribution in [-0.4, -0.2) is 37.8 Å². The van der Waals surface area contributed by atoms with Crippen molar-refractivity contribution in [2.24, 2.45) is 11.0 Å². The summed E-state index contributed by atoms with van der Waals surface area (Å²) < 4.78 is 10.9. The van der Waals surface area contributed by atoms with E-state index < -0.39 is 17.9 Å². The van der Waals surface area contributed by atoms with E-state index in [9.17, 15) is 9.59 Å². The largest absolute Gasteiger partial charge is 0.493 e. The monoisotopic (exact) mass is 465 g/mol. The van der Waals surface area contributed by atoms with Crippen molar-refractivity contribution in [2.45, 2.75) is 26.8 Å². The first-order valence-corrected chi connectivity index (χ1v) is 10.4. The molecule has 0 saturated carbocycles. The van der Waals surface area contributed by atoms with Crippen LogP contribution >= 0.6 is 23.2 Å². The van der Waals surface area contributed by atoms with E-state index in [1.807, 2.05) is 20.8 Å². The van der Waals surface area contributed by atoms with E-state index in [4.69, 9.17) is 32.7 Å². The van der Waals surface area contributed by atoms with E-state index in [-0.39, 0.29) is 10.9 Å². The lowest BCUT2D eigenvalue weighted by molar-refractivity contribution is -0.123. The van der Waals surface area contributed by atoms with Crippen molar-refractivity contribution in [3.8, 4) is 11.5 Å². The van der Waals surface area contributed by atoms with Crippen LogP contribution in [0.25, 0.3) is 0 Å². The van der Waals surface area contributed by atoms with Gasteiger partial charge < -0.3 is 14.8 Å². The van der Waals surface area contributed by atoms with Crippen LogP contribution in [0.15, 0.2) is 41.5 Å². The molecule has 0 radical (unpaired) electrons. The molecular weight excluding hydrogens is 441 g/mol. The first-order valence-electron chi connectivity index (χ1n) is 9.67. The summed E-state index contributed by atoms with van der Waals surface area (Å²) >= 11 is 11.9. The van der Waals surface area contributed by atoms with Crippen LogP contribution in [0.5, 0.6) is 11.5 Å². The fourth-order valence-electron chi connectivity index (χ4n) is 2.73. The van der Waals surface area contributed by atoms with Gasteiger partial charge in [0.25, 0.3) is 11.8 Å². The fraction of sp³-hybridized carbons (Fsp3) is 0.318. The van der Waals surface area contributed by atoms with Crippen molar-refractivity contribution in [3.05, 3.63) is 57.6 Å². The molecule has 0 aromatic heterocycles. The second kappa shape index (κ2) is 11.6. The number of ether oxygens (including phenoxy) is 2. The average molecular weight is 466 g/mol. The van der Waals surface area contributed by atoms with Crippen molar-refractivity contribution in [1.29, 1.82) is 0 Å². The molecule has 166 valence electrons. The van der Waals surface area contributed by atoms with Gasteiger partial charge in [-0.15, -0.1) is 0 Å². The zero-order valence-corrected chi connectivity index (χ0v) is 19.3. The van der Waals surface area contributed by atoms with Crippen LogP contribution in [0.3, 0.4) is 0 Å². The summed E-state index contributed by atoms with van der Waals surface area (Å²) in [5, 5.41) is 7.33. The number of hydrogen-bond acceptors (Lipinski definition) is 5. The summed E-state index contributed by atoms with van der Waals surface area (Å²) in [6.45, 7) is 5.94. The molecule has 0 aliphatic heterocycles. The summed E-state index contributed by atoms with van der Waals surface area (Å²) in [7, 11) is 1.55. The number of nitrogens with one attached hydrogen (secondary N) is 2. The van der Waals surface area contributed by atoms with Gasteiger partial charge in [-0.3, -0.25) is 9.59 Å². The minimum absolute atomic E-state index is 0.183. The van der Waals surface area contributed by atoms with Gasteiger partial charge in [0.15, 0.2) is 11.5 Å². The number of benzene rings is 2. The van der Waals surface area contributed by atoms with E-state index in [0.717, 1.165) is 0 Å². The lowest BCUT2D eigenvalue weighted by Gasteiger charge is -2.20. The Morgan fingerprint density at radius 2 is 1.90 bits per heavy atom. The Hall–Kier alpha value is -2.77. The maximum Gasteiger partial charge on any atom is 0.262 e. The lowest BCUT2D eigenvalue weighted by Crippen LogP contribution is -2.48. The molecule has 1 atom stereocenters. The highest BCUT2D eigenvalue weighted by Gasteiger charge is 2.24. The number of rotatable bonds is 9. The number of hydrazone groups is 1. The first kappa shape index (κ1) is 24.5. The Kier molecular flexibility index (Phi) is 9.15. The Labute approximate surface area is 191 Å². The van der Waals surface area contributed by atoms with Gasteiger partial charge >= 0.3 is 0 Å². The summed E-state index contributed by atoms with van der Waals surface area (Å²) in [6.07, 6.45) is 1.46. The number of para-hydroxylation sites is 1. The zero-order valence-electron chi connectivity index (χ0n) is 17.7. The highest BCUT2D eigenvalue weighted by atomic mass is 35.5. The molecule has 2 amide bonds. The van der Waals surface area contributed by atoms with Crippen LogP contribution in [0.1, 0.15) is 36.7 Å². The number of amides is 2. The van der Waals surface area contributed by atoms with E-state index in [0.29, 0.717) is 34.3 Å². The maximum absolute atomic E-state index is 12.7. The molecule has 2 aromatic rings.